The van der Waals surface area contributed by atoms with Crippen LogP contribution in [0.5, 0.6) is 0 Å². The Morgan fingerprint density at radius 3 is 2.24 bits per heavy atom. The molecule has 1 aromatic rings. The highest BCUT2D eigenvalue weighted by atomic mass is 32.2. The van der Waals surface area contributed by atoms with Gasteiger partial charge in [-0.3, -0.25) is 9.35 Å². The number of nitrogens with one attached hydrogen (secondary N) is 1. The van der Waals surface area contributed by atoms with Crippen LogP contribution in [0.4, 0.5) is 0 Å². The zero-order valence-electron chi connectivity index (χ0n) is 12.1. The van der Waals surface area contributed by atoms with E-state index in [9.17, 15) is 17.8 Å². The van der Waals surface area contributed by atoms with Crippen molar-refractivity contribution in [2.24, 2.45) is 5.92 Å². The van der Waals surface area contributed by atoms with Gasteiger partial charge in [-0.15, -0.1) is 0 Å². The van der Waals surface area contributed by atoms with Crippen LogP contribution in [0.15, 0.2) is 30.3 Å². The molecule has 3 N–H and O–H groups in total. The summed E-state index contributed by atoms with van der Waals surface area (Å²) in [4.78, 5) is 11.2. The van der Waals surface area contributed by atoms with Gasteiger partial charge in [0.25, 0.3) is 10.1 Å². The lowest BCUT2D eigenvalue weighted by Gasteiger charge is -2.20. The highest BCUT2D eigenvalue weighted by Crippen LogP contribution is 2.21. The van der Waals surface area contributed by atoms with Gasteiger partial charge in [0, 0.05) is 6.54 Å². The van der Waals surface area contributed by atoms with E-state index in [0.717, 1.165) is 0 Å². The van der Waals surface area contributed by atoms with Gasteiger partial charge in [0.2, 0.25) is 0 Å². The van der Waals surface area contributed by atoms with Gasteiger partial charge < -0.3 is 10.4 Å². The molecule has 0 radical (unpaired) electrons. The highest BCUT2D eigenvalue weighted by Gasteiger charge is 2.27. The van der Waals surface area contributed by atoms with Crippen molar-refractivity contribution in [1.82, 2.24) is 5.32 Å². The average Bonchev–Trinajstić information content (AvgIpc) is 2.36. The molecule has 1 aromatic carbocycles. The minimum Gasteiger partial charge on any atom is -0.480 e. The van der Waals surface area contributed by atoms with Gasteiger partial charge in [-0.1, -0.05) is 44.2 Å². The minimum atomic E-state index is -4.32. The van der Waals surface area contributed by atoms with Crippen molar-refractivity contribution in [2.75, 3.05) is 6.54 Å². The normalized spacial score (nSPS) is 14.9. The molecule has 0 bridgehead atoms. The van der Waals surface area contributed by atoms with Crippen LogP contribution < -0.4 is 5.32 Å². The van der Waals surface area contributed by atoms with E-state index in [1.807, 2.05) is 13.8 Å². The molecule has 7 heteroatoms. The van der Waals surface area contributed by atoms with Gasteiger partial charge in [-0.05, 0) is 17.9 Å². The summed E-state index contributed by atoms with van der Waals surface area (Å²) >= 11 is 0. The maximum Gasteiger partial charge on any atom is 0.320 e. The van der Waals surface area contributed by atoms with Crippen LogP contribution in [0, 0.1) is 5.92 Å². The molecule has 0 aliphatic carbocycles. The molecule has 0 aliphatic rings. The molecule has 1 rings (SSSR count). The number of carbonyl (C=O) groups is 1. The molecular formula is C14H21NO5S. The summed E-state index contributed by atoms with van der Waals surface area (Å²) in [6.07, 6.45) is 0.377. The first-order chi connectivity index (χ1) is 9.71. The van der Waals surface area contributed by atoms with Crippen molar-refractivity contribution >= 4 is 16.1 Å². The van der Waals surface area contributed by atoms with Crippen LogP contribution in [-0.4, -0.2) is 36.6 Å². The maximum absolute atomic E-state index is 11.5. The second-order valence-corrected chi connectivity index (χ2v) is 6.94. The lowest BCUT2D eigenvalue weighted by atomic mass is 10.0. The van der Waals surface area contributed by atoms with E-state index in [0.29, 0.717) is 12.0 Å². The van der Waals surface area contributed by atoms with Crippen LogP contribution >= 0.6 is 0 Å². The molecule has 0 aliphatic heterocycles. The maximum atomic E-state index is 11.5. The summed E-state index contributed by atoms with van der Waals surface area (Å²) in [6.45, 7) is 3.61. The molecule has 1 unspecified atom stereocenters. The summed E-state index contributed by atoms with van der Waals surface area (Å²) in [7, 11) is -4.32. The molecule has 2 atom stereocenters. The monoisotopic (exact) mass is 315 g/mol. The lowest BCUT2D eigenvalue weighted by Crippen LogP contribution is -2.41. The number of carboxylic acid groups (broad SMARTS) is 1. The van der Waals surface area contributed by atoms with E-state index < -0.39 is 27.4 Å². The number of aliphatic carboxylic acids is 1. The third kappa shape index (κ3) is 5.82. The van der Waals surface area contributed by atoms with Gasteiger partial charge in [0.1, 0.15) is 11.3 Å². The Balaban J connectivity index is 2.86. The van der Waals surface area contributed by atoms with E-state index in [4.69, 9.17) is 5.11 Å². The van der Waals surface area contributed by atoms with E-state index in [2.05, 4.69) is 5.32 Å². The molecule has 0 heterocycles. The fourth-order valence-electron chi connectivity index (χ4n) is 2.05. The molecule has 21 heavy (non-hydrogen) atoms. The van der Waals surface area contributed by atoms with E-state index in [1.165, 1.54) is 0 Å². The first-order valence-electron chi connectivity index (χ1n) is 6.69. The van der Waals surface area contributed by atoms with Gasteiger partial charge in [-0.2, -0.15) is 8.42 Å². The number of hydrogen-bond donors (Lipinski definition) is 3. The van der Waals surface area contributed by atoms with Crippen LogP contribution in [0.2, 0.25) is 0 Å². The second kappa shape index (κ2) is 7.53. The van der Waals surface area contributed by atoms with E-state index in [1.54, 1.807) is 30.3 Å². The molecule has 118 valence electrons. The Morgan fingerprint density at radius 1 is 1.24 bits per heavy atom. The molecule has 0 saturated heterocycles. The van der Waals surface area contributed by atoms with Gasteiger partial charge in [0.05, 0.1) is 0 Å². The van der Waals surface area contributed by atoms with Crippen molar-refractivity contribution < 1.29 is 22.9 Å². The SMILES string of the molecule is CC(C)C[C@@H](NCC(c1ccccc1)S(=O)(=O)O)C(=O)O. The fourth-order valence-corrected chi connectivity index (χ4v) is 2.86. The van der Waals surface area contributed by atoms with Crippen LogP contribution in [0.3, 0.4) is 0 Å². The van der Waals surface area contributed by atoms with E-state index >= 15 is 0 Å². The van der Waals surface area contributed by atoms with Crippen LogP contribution in [0.1, 0.15) is 31.1 Å². The summed E-state index contributed by atoms with van der Waals surface area (Å²) in [6, 6.07) is 7.37. The zero-order valence-corrected chi connectivity index (χ0v) is 12.9. The summed E-state index contributed by atoms with van der Waals surface area (Å²) in [5, 5.41) is 10.7. The Kier molecular flexibility index (Phi) is 6.32. The number of rotatable bonds is 8. The predicted molar refractivity (Wildman–Crippen MR) is 79.6 cm³/mol. The molecule has 0 amide bonds. The van der Waals surface area contributed by atoms with E-state index in [-0.39, 0.29) is 12.5 Å². The smallest absolute Gasteiger partial charge is 0.320 e. The third-order valence-electron chi connectivity index (χ3n) is 3.09. The van der Waals surface area contributed by atoms with Crippen LogP contribution in [0.25, 0.3) is 0 Å². The highest BCUT2D eigenvalue weighted by molar-refractivity contribution is 7.86. The Hall–Kier alpha value is -1.44. The fraction of sp³-hybridized carbons (Fsp3) is 0.500. The van der Waals surface area contributed by atoms with Crippen molar-refractivity contribution in [2.45, 2.75) is 31.6 Å². The van der Waals surface area contributed by atoms with Gasteiger partial charge >= 0.3 is 5.97 Å². The molecular weight excluding hydrogens is 294 g/mol. The summed E-state index contributed by atoms with van der Waals surface area (Å²) in [5.41, 5.74) is 0.418. The number of hydrogen-bond acceptors (Lipinski definition) is 4. The minimum absolute atomic E-state index is 0.152. The van der Waals surface area contributed by atoms with Crippen molar-refractivity contribution in [3.8, 4) is 0 Å². The molecule has 6 nitrogen and oxygen atoms in total. The zero-order chi connectivity index (χ0) is 16.0. The summed E-state index contributed by atoms with van der Waals surface area (Å²) < 4.78 is 32.4. The quantitative estimate of drug-likeness (QED) is 0.631. The Bertz CT molecular complexity index is 556. The topological polar surface area (TPSA) is 104 Å². The lowest BCUT2D eigenvalue weighted by molar-refractivity contribution is -0.139. The average molecular weight is 315 g/mol. The summed E-state index contributed by atoms with van der Waals surface area (Å²) in [5.74, 6) is -0.884. The predicted octanol–water partition coefficient (Wildman–Crippen LogP) is 1.70. The van der Waals surface area contributed by atoms with Crippen LogP contribution in [-0.2, 0) is 14.9 Å². The largest absolute Gasteiger partial charge is 0.480 e. The number of carboxylic acids is 1. The third-order valence-corrected chi connectivity index (χ3v) is 4.24. The first kappa shape index (κ1) is 17.6. The molecule has 0 aromatic heterocycles. The van der Waals surface area contributed by atoms with Gasteiger partial charge in [0.15, 0.2) is 0 Å². The van der Waals surface area contributed by atoms with Crippen molar-refractivity contribution in [1.29, 1.82) is 0 Å². The molecule has 0 spiro atoms. The molecule has 0 fully saturated rings. The van der Waals surface area contributed by atoms with Gasteiger partial charge in [-0.25, -0.2) is 0 Å². The number of benzene rings is 1. The van der Waals surface area contributed by atoms with Crippen molar-refractivity contribution in [3.63, 3.8) is 0 Å². The standard InChI is InChI=1S/C14H21NO5S/c1-10(2)8-12(14(16)17)15-9-13(21(18,19)20)11-6-4-3-5-7-11/h3-7,10,12-13,15H,8-9H2,1-2H3,(H,16,17)(H,18,19,20)/t12-,13?/m1/s1. The Labute approximate surface area is 124 Å². The first-order valence-corrected chi connectivity index (χ1v) is 8.19. The Morgan fingerprint density at radius 2 is 1.81 bits per heavy atom. The second-order valence-electron chi connectivity index (χ2n) is 5.34. The molecule has 0 saturated carbocycles. The van der Waals surface area contributed by atoms with Crippen molar-refractivity contribution in [3.05, 3.63) is 35.9 Å².